The molecule has 5 atom stereocenters. The SMILES string of the molecule is COC1OC(Cn2cc(CNC(=O)/C(C#N)=C/c3ccc4cc(N5CCCCC5)ccc4c3)nn2)C(CC(=O)O)C(CC(=O)O)C1CC(=O)O. The zero-order valence-electron chi connectivity index (χ0n) is 27.6. The molecular formula is C35H40N6O9. The summed E-state index contributed by atoms with van der Waals surface area (Å²) in [5, 5.41) is 51.3. The van der Waals surface area contributed by atoms with E-state index in [4.69, 9.17) is 9.47 Å². The van der Waals surface area contributed by atoms with E-state index < -0.39 is 73.2 Å². The van der Waals surface area contributed by atoms with Gasteiger partial charge in [0.2, 0.25) is 0 Å². The number of amides is 1. The zero-order chi connectivity index (χ0) is 35.8. The van der Waals surface area contributed by atoms with Gasteiger partial charge in [-0.2, -0.15) is 5.26 Å². The van der Waals surface area contributed by atoms with Crippen LogP contribution in [0.5, 0.6) is 0 Å². The summed E-state index contributed by atoms with van der Waals surface area (Å²) in [5.74, 6) is -6.85. The van der Waals surface area contributed by atoms with Gasteiger partial charge in [0.05, 0.1) is 38.2 Å². The lowest BCUT2D eigenvalue weighted by molar-refractivity contribution is -0.253. The van der Waals surface area contributed by atoms with Crippen molar-refractivity contribution in [2.45, 2.75) is 64.0 Å². The Balaban J connectivity index is 1.24. The summed E-state index contributed by atoms with van der Waals surface area (Å²) in [4.78, 5) is 50.5. The quantitative estimate of drug-likeness (QED) is 0.141. The third-order valence-electron chi connectivity index (χ3n) is 9.33. The Bertz CT molecular complexity index is 1790. The molecule has 0 aliphatic carbocycles. The summed E-state index contributed by atoms with van der Waals surface area (Å²) in [6, 6.07) is 14.0. The highest BCUT2D eigenvalue weighted by atomic mass is 16.7. The summed E-state index contributed by atoms with van der Waals surface area (Å²) in [6.07, 6.45) is 3.26. The molecule has 3 heterocycles. The van der Waals surface area contributed by atoms with E-state index in [1.807, 2.05) is 30.3 Å². The molecule has 15 heteroatoms. The molecule has 5 rings (SSSR count). The first-order chi connectivity index (χ1) is 24.0. The molecule has 2 fully saturated rings. The highest BCUT2D eigenvalue weighted by Crippen LogP contribution is 2.42. The monoisotopic (exact) mass is 688 g/mol. The Labute approximate surface area is 288 Å². The van der Waals surface area contributed by atoms with E-state index in [0.717, 1.165) is 23.9 Å². The number of nitrogens with zero attached hydrogens (tertiary/aromatic N) is 5. The highest BCUT2D eigenvalue weighted by molar-refractivity contribution is 6.02. The fourth-order valence-corrected chi connectivity index (χ4v) is 6.98. The smallest absolute Gasteiger partial charge is 0.303 e. The minimum absolute atomic E-state index is 0.0422. The van der Waals surface area contributed by atoms with Crippen molar-refractivity contribution in [3.05, 3.63) is 59.4 Å². The molecule has 15 nitrogen and oxygen atoms in total. The average Bonchev–Trinajstić information content (AvgIpc) is 3.55. The molecule has 1 aromatic heterocycles. The van der Waals surface area contributed by atoms with Gasteiger partial charge in [-0.25, -0.2) is 4.68 Å². The van der Waals surface area contributed by atoms with Crippen LogP contribution in [0.4, 0.5) is 5.69 Å². The molecule has 0 bridgehead atoms. The van der Waals surface area contributed by atoms with Gasteiger partial charge in [-0.05, 0) is 65.8 Å². The molecule has 4 N–H and O–H groups in total. The second-order valence-corrected chi connectivity index (χ2v) is 12.7. The second-order valence-electron chi connectivity index (χ2n) is 12.7. The predicted molar refractivity (Wildman–Crippen MR) is 178 cm³/mol. The van der Waals surface area contributed by atoms with E-state index in [0.29, 0.717) is 11.3 Å². The standard InChI is InChI=1S/C35H40N6O9/c1-49-35-29(16-33(46)47)27(14-31(42)43)28(15-32(44)45)30(50-35)20-41-19-25(38-39-41)18-37-34(48)24(17-36)12-21-5-6-23-13-26(8-7-22(23)11-21)40-9-3-2-4-10-40/h5-8,11-13,19,27-30,35H,2-4,9-10,14-16,18,20H2,1H3,(H,37,48)(H,42,43)(H,44,45)(H,46,47)/b24-12+. The number of aromatic nitrogens is 3. The number of rotatable bonds is 14. The Morgan fingerprint density at radius 3 is 2.30 bits per heavy atom. The van der Waals surface area contributed by atoms with Crippen molar-refractivity contribution >= 4 is 46.4 Å². The normalized spacial score (nSPS) is 22.5. The number of carbonyl (C=O) groups is 4. The van der Waals surface area contributed by atoms with Gasteiger partial charge in [-0.3, -0.25) is 19.2 Å². The molecule has 2 aliphatic rings. The topological polar surface area (TPSA) is 217 Å². The predicted octanol–water partition coefficient (Wildman–Crippen LogP) is 3.29. The van der Waals surface area contributed by atoms with Crippen molar-refractivity contribution in [2.24, 2.45) is 17.8 Å². The van der Waals surface area contributed by atoms with Gasteiger partial charge >= 0.3 is 17.9 Å². The lowest BCUT2D eigenvalue weighted by Gasteiger charge is -2.45. The first kappa shape index (κ1) is 36.0. The molecule has 50 heavy (non-hydrogen) atoms. The zero-order valence-corrected chi connectivity index (χ0v) is 27.6. The Morgan fingerprint density at radius 1 is 0.960 bits per heavy atom. The van der Waals surface area contributed by atoms with Crippen LogP contribution in [0.3, 0.4) is 0 Å². The van der Waals surface area contributed by atoms with Crippen molar-refractivity contribution in [3.63, 3.8) is 0 Å². The van der Waals surface area contributed by atoms with Crippen LogP contribution < -0.4 is 10.2 Å². The maximum absolute atomic E-state index is 13.0. The summed E-state index contributed by atoms with van der Waals surface area (Å²) in [5.41, 5.74) is 2.13. The minimum atomic E-state index is -1.21. The van der Waals surface area contributed by atoms with Crippen LogP contribution in [-0.4, -0.2) is 86.7 Å². The van der Waals surface area contributed by atoms with Crippen LogP contribution in [0, 0.1) is 29.1 Å². The van der Waals surface area contributed by atoms with Crippen LogP contribution in [0.25, 0.3) is 16.8 Å². The van der Waals surface area contributed by atoms with Gasteiger partial charge in [0.1, 0.15) is 17.3 Å². The molecule has 5 unspecified atom stereocenters. The second kappa shape index (κ2) is 16.4. The molecule has 264 valence electrons. The molecule has 3 aromatic rings. The van der Waals surface area contributed by atoms with Crippen molar-refractivity contribution in [1.29, 1.82) is 5.26 Å². The van der Waals surface area contributed by atoms with Gasteiger partial charge in [0.25, 0.3) is 5.91 Å². The third kappa shape index (κ3) is 9.01. The first-order valence-corrected chi connectivity index (χ1v) is 16.5. The van der Waals surface area contributed by atoms with Crippen LogP contribution >= 0.6 is 0 Å². The van der Waals surface area contributed by atoms with Gasteiger partial charge in [-0.1, -0.05) is 23.4 Å². The van der Waals surface area contributed by atoms with Crippen LogP contribution in [-0.2, 0) is 41.7 Å². The van der Waals surface area contributed by atoms with Gasteiger partial charge in [0, 0.05) is 44.1 Å². The number of nitriles is 1. The number of piperidine rings is 1. The largest absolute Gasteiger partial charge is 0.481 e. The van der Waals surface area contributed by atoms with Gasteiger partial charge < -0.3 is 35.0 Å². The number of anilines is 1. The van der Waals surface area contributed by atoms with E-state index in [9.17, 15) is 39.8 Å². The number of ether oxygens (including phenoxy) is 2. The number of carboxylic acid groups (broad SMARTS) is 3. The van der Waals surface area contributed by atoms with Crippen molar-refractivity contribution in [2.75, 3.05) is 25.1 Å². The molecule has 2 aromatic carbocycles. The van der Waals surface area contributed by atoms with E-state index in [1.165, 1.54) is 49.0 Å². The molecule has 2 aliphatic heterocycles. The minimum Gasteiger partial charge on any atom is -0.481 e. The Morgan fingerprint density at radius 2 is 1.62 bits per heavy atom. The number of fused-ring (bicyclic) bond motifs is 1. The molecule has 0 spiro atoms. The van der Waals surface area contributed by atoms with Crippen molar-refractivity contribution in [1.82, 2.24) is 20.3 Å². The number of methoxy groups -OCH3 is 1. The number of carboxylic acids is 3. The number of hydrogen-bond donors (Lipinski definition) is 4. The van der Waals surface area contributed by atoms with E-state index >= 15 is 0 Å². The van der Waals surface area contributed by atoms with Crippen LogP contribution in [0.2, 0.25) is 0 Å². The van der Waals surface area contributed by atoms with E-state index in [-0.39, 0.29) is 18.7 Å². The number of aliphatic carboxylic acids is 3. The highest BCUT2D eigenvalue weighted by Gasteiger charge is 2.48. The Kier molecular flexibility index (Phi) is 11.8. The fourth-order valence-electron chi connectivity index (χ4n) is 6.98. The summed E-state index contributed by atoms with van der Waals surface area (Å²) >= 11 is 0. The summed E-state index contributed by atoms with van der Waals surface area (Å²) in [7, 11) is 1.30. The van der Waals surface area contributed by atoms with Crippen molar-refractivity contribution in [3.8, 4) is 6.07 Å². The number of hydrogen-bond acceptors (Lipinski definition) is 10. The Hall–Kier alpha value is -5.33. The third-order valence-corrected chi connectivity index (χ3v) is 9.33. The summed E-state index contributed by atoms with van der Waals surface area (Å²) < 4.78 is 12.8. The first-order valence-electron chi connectivity index (χ1n) is 16.5. The molecule has 0 saturated carbocycles. The molecule has 2 saturated heterocycles. The van der Waals surface area contributed by atoms with Crippen molar-refractivity contribution < 1.29 is 44.0 Å². The van der Waals surface area contributed by atoms with E-state index in [1.54, 1.807) is 0 Å². The maximum atomic E-state index is 13.0. The molecule has 0 radical (unpaired) electrons. The average molecular weight is 689 g/mol. The van der Waals surface area contributed by atoms with Gasteiger partial charge in [-0.15, -0.1) is 5.10 Å². The number of nitrogens with one attached hydrogen (secondary N) is 1. The van der Waals surface area contributed by atoms with E-state index in [2.05, 4.69) is 32.7 Å². The number of benzene rings is 2. The summed E-state index contributed by atoms with van der Waals surface area (Å²) in [6.45, 7) is 1.99. The number of carbonyl (C=O) groups excluding carboxylic acids is 1. The lowest BCUT2D eigenvalue weighted by atomic mass is 9.71. The lowest BCUT2D eigenvalue weighted by Crippen LogP contribution is -2.51. The van der Waals surface area contributed by atoms with Crippen LogP contribution in [0.1, 0.15) is 49.8 Å². The van der Waals surface area contributed by atoms with Crippen LogP contribution in [0.15, 0.2) is 48.2 Å². The molecule has 1 amide bonds. The maximum Gasteiger partial charge on any atom is 0.303 e. The molecular weight excluding hydrogens is 648 g/mol. The van der Waals surface area contributed by atoms with Gasteiger partial charge in [0.15, 0.2) is 6.29 Å². The fraction of sp³-hybridized carbons (Fsp3) is 0.457.